The quantitative estimate of drug-likeness (QED) is 0.121. The van der Waals surface area contributed by atoms with Gasteiger partial charge >= 0.3 is 5.97 Å². The zero-order chi connectivity index (χ0) is 32.2. The number of aromatic nitrogens is 1. The number of hydrogen-bond acceptors (Lipinski definition) is 7. The third-order valence-electron chi connectivity index (χ3n) is 7.03. The number of nitrogens with zero attached hydrogens (tertiary/aromatic N) is 2. The maximum Gasteiger partial charge on any atom is 0.338 e. The summed E-state index contributed by atoms with van der Waals surface area (Å²) in [6.07, 6.45) is 3.12. The van der Waals surface area contributed by atoms with Crippen molar-refractivity contribution in [2.75, 3.05) is 13.7 Å². The van der Waals surface area contributed by atoms with Crippen LogP contribution in [0, 0.1) is 7.14 Å². The third kappa shape index (κ3) is 7.29. The molecule has 2 heterocycles. The van der Waals surface area contributed by atoms with Crippen LogP contribution < -0.4 is 24.4 Å². The maximum absolute atomic E-state index is 14.2. The Morgan fingerprint density at radius 2 is 1.82 bits per heavy atom. The van der Waals surface area contributed by atoms with Crippen LogP contribution in [-0.4, -0.2) is 24.3 Å². The molecule has 0 fully saturated rings. The summed E-state index contributed by atoms with van der Waals surface area (Å²) in [5.41, 5.74) is 2.91. The molecule has 234 valence electrons. The van der Waals surface area contributed by atoms with Crippen LogP contribution in [0.2, 0.25) is 10.0 Å². The molecular weight excluding hydrogens is 861 g/mol. The Morgan fingerprint density at radius 3 is 2.49 bits per heavy atom. The molecule has 5 rings (SSSR count). The van der Waals surface area contributed by atoms with E-state index in [1.54, 1.807) is 36.8 Å². The van der Waals surface area contributed by atoms with Crippen molar-refractivity contribution in [3.63, 3.8) is 0 Å². The first-order valence-corrected chi connectivity index (χ1v) is 17.8. The largest absolute Gasteiger partial charge is 0.496 e. The lowest BCUT2D eigenvalue weighted by molar-refractivity contribution is -0.139. The predicted octanol–water partition coefficient (Wildman–Crippen LogP) is 7.68. The van der Waals surface area contributed by atoms with Crippen LogP contribution in [0.3, 0.4) is 0 Å². The number of benzene rings is 3. The smallest absolute Gasteiger partial charge is 0.338 e. The molecule has 0 radical (unpaired) electrons. The number of esters is 1. The second kappa shape index (κ2) is 15.0. The van der Waals surface area contributed by atoms with Gasteiger partial charge in [0.2, 0.25) is 0 Å². The highest BCUT2D eigenvalue weighted by atomic mass is 127. The number of hydrogen-bond donors (Lipinski definition) is 0. The Labute approximate surface area is 301 Å². The van der Waals surface area contributed by atoms with Gasteiger partial charge in [-0.15, -0.1) is 0 Å². The molecule has 1 aliphatic rings. The number of ether oxygens (including phenoxy) is 3. The number of allylic oxidation sites excluding steroid dienone is 1. The van der Waals surface area contributed by atoms with E-state index in [2.05, 4.69) is 45.2 Å². The topological polar surface area (TPSA) is 79.1 Å². The van der Waals surface area contributed by atoms with E-state index in [-0.39, 0.29) is 12.2 Å². The summed E-state index contributed by atoms with van der Waals surface area (Å²) in [4.78, 5) is 33.0. The minimum Gasteiger partial charge on any atom is -0.496 e. The average Bonchev–Trinajstić information content (AvgIpc) is 3.31. The van der Waals surface area contributed by atoms with E-state index in [0.717, 1.165) is 30.4 Å². The van der Waals surface area contributed by atoms with Gasteiger partial charge in [-0.1, -0.05) is 66.1 Å². The fourth-order valence-electron chi connectivity index (χ4n) is 5.05. The van der Waals surface area contributed by atoms with Gasteiger partial charge in [0.1, 0.15) is 24.1 Å². The van der Waals surface area contributed by atoms with Gasteiger partial charge in [0.15, 0.2) is 4.80 Å². The van der Waals surface area contributed by atoms with E-state index in [0.29, 0.717) is 55.0 Å². The summed E-state index contributed by atoms with van der Waals surface area (Å²) >= 11 is 18.5. The number of carbonyl (C=O) groups is 1. The van der Waals surface area contributed by atoms with Crippen LogP contribution in [-0.2, 0) is 16.1 Å². The second-order valence-electron chi connectivity index (χ2n) is 9.99. The molecule has 0 unspecified atom stereocenters. The number of methoxy groups -OCH3 is 1. The predicted molar refractivity (Wildman–Crippen MR) is 195 cm³/mol. The Bertz CT molecular complexity index is 1970. The first-order chi connectivity index (χ1) is 21.7. The average molecular weight is 889 g/mol. The molecule has 4 aromatic rings. The molecule has 0 spiro atoms. The van der Waals surface area contributed by atoms with E-state index in [1.165, 1.54) is 11.3 Å². The minimum atomic E-state index is -0.835. The number of rotatable bonds is 10. The van der Waals surface area contributed by atoms with Crippen molar-refractivity contribution in [1.29, 1.82) is 0 Å². The van der Waals surface area contributed by atoms with Crippen LogP contribution >= 0.6 is 79.7 Å². The number of halogens is 4. The molecule has 0 saturated heterocycles. The fraction of sp³-hybridized carbons (Fsp3) is 0.242. The van der Waals surface area contributed by atoms with E-state index in [9.17, 15) is 9.59 Å². The van der Waals surface area contributed by atoms with E-state index in [4.69, 9.17) is 42.4 Å². The monoisotopic (exact) mass is 888 g/mol. The summed E-state index contributed by atoms with van der Waals surface area (Å²) in [7, 11) is 1.54. The SMILES string of the molecule is CCCC1=C(C(=O)OCC)[C@H](c2cc(Cl)ccc2OC)n2c(s/c(=C/c3cc(I)c(OCc4ccccc4Cl)c(I)c3)c2=O)=N1. The molecule has 1 aromatic heterocycles. The van der Waals surface area contributed by atoms with Crippen molar-refractivity contribution in [3.8, 4) is 11.5 Å². The Balaban J connectivity index is 1.64. The lowest BCUT2D eigenvalue weighted by Crippen LogP contribution is -2.40. The van der Waals surface area contributed by atoms with Crippen LogP contribution in [0.4, 0.5) is 0 Å². The van der Waals surface area contributed by atoms with Gasteiger partial charge in [0.25, 0.3) is 5.56 Å². The highest BCUT2D eigenvalue weighted by molar-refractivity contribution is 14.1. The summed E-state index contributed by atoms with van der Waals surface area (Å²) in [5, 5.41) is 1.10. The highest BCUT2D eigenvalue weighted by Crippen LogP contribution is 2.38. The summed E-state index contributed by atoms with van der Waals surface area (Å²) in [5.74, 6) is 0.712. The molecule has 1 aliphatic heterocycles. The van der Waals surface area contributed by atoms with Gasteiger partial charge in [0.05, 0.1) is 36.7 Å². The third-order valence-corrected chi connectivity index (χ3v) is 10.2. The number of carbonyl (C=O) groups excluding carboxylic acids is 1. The summed E-state index contributed by atoms with van der Waals surface area (Å²) in [6.45, 7) is 4.28. The zero-order valence-electron chi connectivity index (χ0n) is 24.5. The van der Waals surface area contributed by atoms with Crippen LogP contribution in [0.15, 0.2) is 75.7 Å². The summed E-state index contributed by atoms with van der Waals surface area (Å²) in [6, 6.07) is 15.8. The minimum absolute atomic E-state index is 0.181. The Kier molecular flexibility index (Phi) is 11.3. The van der Waals surface area contributed by atoms with E-state index in [1.807, 2.05) is 49.4 Å². The van der Waals surface area contributed by atoms with Crippen molar-refractivity contribution in [2.24, 2.45) is 4.99 Å². The van der Waals surface area contributed by atoms with Gasteiger partial charge in [-0.3, -0.25) is 9.36 Å². The van der Waals surface area contributed by atoms with Crippen LogP contribution in [0.5, 0.6) is 11.5 Å². The molecule has 1 atom stereocenters. The molecule has 0 saturated carbocycles. The zero-order valence-corrected chi connectivity index (χ0v) is 31.2. The van der Waals surface area contributed by atoms with E-state index < -0.39 is 12.0 Å². The molecule has 12 heteroatoms. The molecular formula is C33H28Cl2I2N2O5S. The lowest BCUT2D eigenvalue weighted by atomic mass is 9.93. The molecule has 0 aliphatic carbocycles. The molecule has 0 bridgehead atoms. The number of fused-ring (bicyclic) bond motifs is 1. The van der Waals surface area contributed by atoms with Gasteiger partial charge in [0, 0.05) is 21.2 Å². The van der Waals surface area contributed by atoms with Crippen LogP contribution in [0.25, 0.3) is 6.08 Å². The normalized spacial score (nSPS) is 14.6. The van der Waals surface area contributed by atoms with Gasteiger partial charge < -0.3 is 14.2 Å². The molecule has 0 amide bonds. The molecule has 45 heavy (non-hydrogen) atoms. The number of thiazole rings is 1. The molecule has 3 aromatic carbocycles. The first-order valence-electron chi connectivity index (χ1n) is 14.1. The Hall–Kier alpha value is -2.39. The molecule has 0 N–H and O–H groups in total. The Morgan fingerprint density at radius 1 is 1.09 bits per heavy atom. The van der Waals surface area contributed by atoms with Crippen molar-refractivity contribution >= 4 is 91.8 Å². The second-order valence-corrected chi connectivity index (χ2v) is 14.2. The van der Waals surface area contributed by atoms with Gasteiger partial charge in [-0.2, -0.15) is 0 Å². The van der Waals surface area contributed by atoms with Crippen molar-refractivity contribution < 1.29 is 19.0 Å². The summed E-state index contributed by atoms with van der Waals surface area (Å²) < 4.78 is 21.1. The maximum atomic E-state index is 14.2. The lowest BCUT2D eigenvalue weighted by Gasteiger charge is -2.27. The van der Waals surface area contributed by atoms with E-state index >= 15 is 0 Å². The van der Waals surface area contributed by atoms with Gasteiger partial charge in [-0.25, -0.2) is 9.79 Å². The fourth-order valence-corrected chi connectivity index (χ4v) is 8.57. The van der Waals surface area contributed by atoms with Crippen LogP contribution in [0.1, 0.15) is 49.4 Å². The first kappa shape index (κ1) is 34.0. The van der Waals surface area contributed by atoms with Crippen molar-refractivity contribution in [1.82, 2.24) is 4.57 Å². The van der Waals surface area contributed by atoms with Crippen molar-refractivity contribution in [3.05, 3.63) is 119 Å². The van der Waals surface area contributed by atoms with Gasteiger partial charge in [-0.05, 0) is 107 Å². The highest BCUT2D eigenvalue weighted by Gasteiger charge is 2.36. The van der Waals surface area contributed by atoms with Crippen molar-refractivity contribution in [2.45, 2.75) is 39.3 Å². The molecule has 7 nitrogen and oxygen atoms in total. The standard InChI is InChI=1S/C33H28Cl2I2N2O5S/c1-4-8-25-28(32(41)43-5-2)29(21-16-20(34)11-12-26(21)42-3)39-31(40)27(45-33(39)38-25)15-18-13-23(36)30(24(37)14-18)44-17-19-9-6-7-10-22(19)35/h6-7,9-16,29H,4-5,8,17H2,1-3H3/b27-15+/t29-/m0/s1.